The second-order valence-corrected chi connectivity index (χ2v) is 5.00. The number of nitrogens with one attached hydrogen (secondary N) is 1. The lowest BCUT2D eigenvalue weighted by Crippen LogP contribution is -2.20. The van der Waals surface area contributed by atoms with E-state index in [0.717, 1.165) is 27.1 Å². The van der Waals surface area contributed by atoms with E-state index in [1.165, 1.54) is 0 Å². The van der Waals surface area contributed by atoms with Gasteiger partial charge in [-0.05, 0) is 30.7 Å². The molecule has 4 rings (SSSR count). The van der Waals surface area contributed by atoms with Crippen LogP contribution in [0, 0.1) is 6.92 Å². The molecule has 1 aliphatic rings. The van der Waals surface area contributed by atoms with E-state index in [1.807, 2.05) is 49.4 Å². The Balaban J connectivity index is 1.89. The summed E-state index contributed by atoms with van der Waals surface area (Å²) in [5, 5.41) is 13.1. The first-order valence-electron chi connectivity index (χ1n) is 6.63. The molecule has 0 atom stereocenters. The Labute approximate surface area is 120 Å². The molecule has 0 amide bonds. The van der Waals surface area contributed by atoms with E-state index in [-0.39, 0.29) is 5.88 Å². The number of aromatic amines is 1. The van der Waals surface area contributed by atoms with Gasteiger partial charge in [0, 0.05) is 10.8 Å². The number of aromatic nitrogens is 1. The van der Waals surface area contributed by atoms with E-state index < -0.39 is 0 Å². The normalized spacial score (nSPS) is 15.0. The first-order chi connectivity index (χ1) is 10.2. The third kappa shape index (κ3) is 1.90. The number of rotatable bonds is 1. The Morgan fingerprint density at radius 1 is 1.00 bits per heavy atom. The highest BCUT2D eigenvalue weighted by Crippen LogP contribution is 2.32. The van der Waals surface area contributed by atoms with Gasteiger partial charge in [-0.15, -0.1) is 0 Å². The maximum absolute atomic E-state index is 9.89. The molecule has 0 spiro atoms. The average Bonchev–Trinajstić information content (AvgIpc) is 3.01. The second kappa shape index (κ2) is 4.28. The minimum Gasteiger partial charge on any atom is -0.494 e. The van der Waals surface area contributed by atoms with Gasteiger partial charge < -0.3 is 10.1 Å². The van der Waals surface area contributed by atoms with Crippen molar-refractivity contribution < 1.29 is 5.11 Å². The van der Waals surface area contributed by atoms with Crippen molar-refractivity contribution in [3.05, 3.63) is 58.7 Å². The molecule has 2 heterocycles. The summed E-state index contributed by atoms with van der Waals surface area (Å²) in [7, 11) is 0. The molecule has 0 aliphatic carbocycles. The Hall–Kier alpha value is -2.95. The maximum atomic E-state index is 9.89. The lowest BCUT2D eigenvalue weighted by atomic mass is 10.2. The van der Waals surface area contributed by atoms with E-state index in [0.29, 0.717) is 11.8 Å². The Morgan fingerprint density at radius 3 is 2.62 bits per heavy atom. The van der Waals surface area contributed by atoms with Crippen LogP contribution in [0.5, 0.6) is 5.88 Å². The number of aliphatic imine (C=N–C) groups is 1. The van der Waals surface area contributed by atoms with Crippen molar-refractivity contribution in [1.29, 1.82) is 0 Å². The molecule has 0 bridgehead atoms. The molecule has 102 valence electrons. The molecule has 0 unspecified atom stereocenters. The first-order valence-corrected chi connectivity index (χ1v) is 6.63. The fourth-order valence-electron chi connectivity index (χ4n) is 2.44. The number of benzene rings is 2. The molecule has 5 nitrogen and oxygen atoms in total. The summed E-state index contributed by atoms with van der Waals surface area (Å²) in [5.41, 5.74) is 1.14. The van der Waals surface area contributed by atoms with Gasteiger partial charge in [0.25, 0.3) is 5.96 Å². The van der Waals surface area contributed by atoms with Gasteiger partial charge in [0.15, 0.2) is 5.88 Å². The van der Waals surface area contributed by atoms with Crippen molar-refractivity contribution in [1.82, 2.24) is 4.98 Å². The molecule has 3 aromatic rings. The van der Waals surface area contributed by atoms with Gasteiger partial charge >= 0.3 is 0 Å². The van der Waals surface area contributed by atoms with Crippen LogP contribution in [0.3, 0.4) is 0 Å². The van der Waals surface area contributed by atoms with E-state index in [9.17, 15) is 5.11 Å². The average molecular weight is 276 g/mol. The molecule has 0 radical (unpaired) electrons. The third-order valence-electron chi connectivity index (χ3n) is 3.46. The van der Waals surface area contributed by atoms with Crippen LogP contribution in [0.4, 0.5) is 5.82 Å². The topological polar surface area (TPSA) is 73.1 Å². The van der Waals surface area contributed by atoms with Crippen LogP contribution in [0.15, 0.2) is 57.4 Å². The number of aromatic hydroxyl groups is 1. The molecular weight excluding hydrogens is 264 g/mol. The molecule has 0 saturated carbocycles. The summed E-state index contributed by atoms with van der Waals surface area (Å²) in [6.45, 7) is 2.02. The van der Waals surface area contributed by atoms with Crippen molar-refractivity contribution in [2.75, 3.05) is 0 Å². The number of H-pyrrole nitrogens is 1. The van der Waals surface area contributed by atoms with Crippen molar-refractivity contribution in [3.8, 4) is 5.88 Å². The third-order valence-corrected chi connectivity index (χ3v) is 3.46. The fourth-order valence-corrected chi connectivity index (χ4v) is 2.44. The monoisotopic (exact) mass is 276 g/mol. The predicted molar refractivity (Wildman–Crippen MR) is 80.5 cm³/mol. The Bertz CT molecular complexity index is 1010. The molecule has 1 aliphatic heterocycles. The van der Waals surface area contributed by atoms with Gasteiger partial charge in [0.2, 0.25) is 0 Å². The van der Waals surface area contributed by atoms with Crippen molar-refractivity contribution in [3.63, 3.8) is 0 Å². The molecule has 0 fully saturated rings. The predicted octanol–water partition coefficient (Wildman–Crippen LogP) is 2.12. The van der Waals surface area contributed by atoms with Gasteiger partial charge in [-0.3, -0.25) is 0 Å². The second-order valence-electron chi connectivity index (χ2n) is 5.00. The van der Waals surface area contributed by atoms with Gasteiger partial charge in [-0.2, -0.15) is 4.99 Å². The van der Waals surface area contributed by atoms with E-state index >= 15 is 0 Å². The van der Waals surface area contributed by atoms with Crippen molar-refractivity contribution >= 4 is 22.5 Å². The van der Waals surface area contributed by atoms with Crippen LogP contribution in [0.25, 0.3) is 10.8 Å². The number of nitrogens with zero attached hydrogens (tertiary/aromatic N) is 3. The van der Waals surface area contributed by atoms with E-state index in [1.54, 1.807) is 0 Å². The molecule has 1 aromatic heterocycles. The lowest BCUT2D eigenvalue weighted by molar-refractivity contribution is 0.463. The van der Waals surface area contributed by atoms with Crippen molar-refractivity contribution in [2.24, 2.45) is 15.0 Å². The van der Waals surface area contributed by atoms with Crippen LogP contribution in [-0.2, 0) is 0 Å². The van der Waals surface area contributed by atoms with Gasteiger partial charge in [-0.25, -0.2) is 9.98 Å². The molecule has 2 aromatic carbocycles. The van der Waals surface area contributed by atoms with Crippen LogP contribution < -0.4 is 10.7 Å². The maximum Gasteiger partial charge on any atom is 0.252 e. The summed E-state index contributed by atoms with van der Waals surface area (Å²) in [5.74, 6) is 1.06. The standard InChI is InChI=1S/C16H12N4O/c1-9-6-7-12-13(8-9)18-16(17-12)20-14-10-4-2-3-5-11(10)15(21)19-14/h2-8,19,21H,1H3/b20-16+. The van der Waals surface area contributed by atoms with Crippen LogP contribution in [0.1, 0.15) is 5.56 Å². The van der Waals surface area contributed by atoms with Gasteiger partial charge in [-0.1, -0.05) is 24.3 Å². The zero-order valence-electron chi connectivity index (χ0n) is 11.3. The molecular formula is C16H12N4O. The highest BCUT2D eigenvalue weighted by atomic mass is 16.3. The molecule has 21 heavy (non-hydrogen) atoms. The Kier molecular flexibility index (Phi) is 2.41. The Morgan fingerprint density at radius 2 is 1.76 bits per heavy atom. The minimum atomic E-state index is 0.108. The summed E-state index contributed by atoms with van der Waals surface area (Å²) in [6, 6.07) is 13.4. The first kappa shape index (κ1) is 11.8. The molecule has 5 heteroatoms. The zero-order valence-corrected chi connectivity index (χ0v) is 11.3. The summed E-state index contributed by atoms with van der Waals surface area (Å²) < 4.78 is 0. The van der Waals surface area contributed by atoms with Crippen molar-refractivity contribution in [2.45, 2.75) is 6.92 Å². The number of hydrogen-bond donors (Lipinski definition) is 2. The van der Waals surface area contributed by atoms with Crippen LogP contribution in [0.2, 0.25) is 0 Å². The van der Waals surface area contributed by atoms with E-state index in [2.05, 4.69) is 20.0 Å². The minimum absolute atomic E-state index is 0.108. The number of guanidine groups is 1. The molecule has 2 N–H and O–H groups in total. The van der Waals surface area contributed by atoms with Crippen LogP contribution >= 0.6 is 0 Å². The summed E-state index contributed by atoms with van der Waals surface area (Å²) in [6.07, 6.45) is 0. The highest BCUT2D eigenvalue weighted by molar-refractivity contribution is 5.98. The smallest absolute Gasteiger partial charge is 0.252 e. The number of hydrogen-bond acceptors (Lipinski definition) is 2. The number of fused-ring (bicyclic) bond motifs is 2. The van der Waals surface area contributed by atoms with Crippen LogP contribution in [-0.4, -0.2) is 16.1 Å². The SMILES string of the molecule is Cc1ccc2c(c1)=N/C(=N/c1[nH]c(O)c3ccccc13)N=2. The quantitative estimate of drug-likeness (QED) is 0.702. The lowest BCUT2D eigenvalue weighted by Gasteiger charge is -1.91. The molecule has 0 saturated heterocycles. The largest absolute Gasteiger partial charge is 0.494 e. The zero-order chi connectivity index (χ0) is 14.4. The fraction of sp³-hybridized carbons (Fsp3) is 0.0625. The van der Waals surface area contributed by atoms with Gasteiger partial charge in [0.05, 0.1) is 10.7 Å². The van der Waals surface area contributed by atoms with Gasteiger partial charge in [0.1, 0.15) is 5.82 Å². The van der Waals surface area contributed by atoms with E-state index in [4.69, 9.17) is 0 Å². The number of aryl methyl sites for hydroxylation is 1. The summed E-state index contributed by atoms with van der Waals surface area (Å²) in [4.78, 5) is 16.1. The summed E-state index contributed by atoms with van der Waals surface area (Å²) >= 11 is 0. The highest BCUT2D eigenvalue weighted by Gasteiger charge is 2.10.